The van der Waals surface area contributed by atoms with Gasteiger partial charge in [-0.2, -0.15) is 0 Å². The highest BCUT2D eigenvalue weighted by atomic mass is 16.2. The van der Waals surface area contributed by atoms with Crippen molar-refractivity contribution in [2.45, 2.75) is 39.0 Å². The summed E-state index contributed by atoms with van der Waals surface area (Å²) in [5, 5.41) is 2.40. The number of rotatable bonds is 3. The van der Waals surface area contributed by atoms with Gasteiger partial charge in [-0.25, -0.2) is 0 Å². The third kappa shape index (κ3) is 2.73. The number of amides is 2. The zero-order valence-corrected chi connectivity index (χ0v) is 10.1. The fourth-order valence-electron chi connectivity index (χ4n) is 2.09. The predicted molar refractivity (Wildman–Crippen MR) is 65.8 cm³/mol. The molecule has 3 nitrogen and oxygen atoms in total. The molecule has 1 aromatic rings. The van der Waals surface area contributed by atoms with E-state index < -0.39 is 0 Å². The number of aryl methyl sites for hydroxylation is 2. The van der Waals surface area contributed by atoms with Crippen LogP contribution in [0.2, 0.25) is 0 Å². The van der Waals surface area contributed by atoms with Crippen molar-refractivity contribution in [3.8, 4) is 0 Å². The van der Waals surface area contributed by atoms with E-state index in [1.165, 1.54) is 5.56 Å². The van der Waals surface area contributed by atoms with Crippen LogP contribution in [0.1, 0.15) is 47.7 Å². The first-order valence-corrected chi connectivity index (χ1v) is 6.16. The highest BCUT2D eigenvalue weighted by Gasteiger charge is 2.19. The fraction of sp³-hybridized carbons (Fsp3) is 0.429. The van der Waals surface area contributed by atoms with Crippen molar-refractivity contribution in [3.63, 3.8) is 0 Å². The molecule has 0 fully saturated rings. The maximum Gasteiger partial charge on any atom is 0.258 e. The number of unbranched alkanes of at least 4 members (excludes halogenated alkanes) is 1. The molecule has 2 amide bonds. The summed E-state index contributed by atoms with van der Waals surface area (Å²) in [5.74, 6) is -0.429. The number of benzene rings is 1. The lowest BCUT2D eigenvalue weighted by Crippen LogP contribution is -2.28. The smallest absolute Gasteiger partial charge is 0.258 e. The van der Waals surface area contributed by atoms with Crippen molar-refractivity contribution in [1.82, 2.24) is 5.32 Å². The quantitative estimate of drug-likeness (QED) is 0.811. The summed E-state index contributed by atoms with van der Waals surface area (Å²) >= 11 is 0. The second kappa shape index (κ2) is 5.13. The minimum absolute atomic E-state index is 0.179. The minimum Gasteiger partial charge on any atom is -0.292 e. The maximum atomic E-state index is 11.8. The summed E-state index contributed by atoms with van der Waals surface area (Å²) in [7, 11) is 0. The van der Waals surface area contributed by atoms with E-state index in [0.29, 0.717) is 18.4 Å². The summed E-state index contributed by atoms with van der Waals surface area (Å²) in [4.78, 5) is 23.1. The molecule has 0 unspecified atom stereocenters. The van der Waals surface area contributed by atoms with E-state index in [1.807, 2.05) is 12.1 Å². The lowest BCUT2D eigenvalue weighted by molar-refractivity contribution is -0.119. The Bertz CT molecular complexity index is 452. The molecule has 2 rings (SSSR count). The molecule has 1 aromatic carbocycles. The van der Waals surface area contributed by atoms with Crippen molar-refractivity contribution in [1.29, 1.82) is 0 Å². The molecule has 0 aliphatic carbocycles. The third-order valence-corrected chi connectivity index (χ3v) is 3.11. The van der Waals surface area contributed by atoms with Gasteiger partial charge in [-0.1, -0.05) is 25.5 Å². The minimum atomic E-state index is -0.249. The predicted octanol–water partition coefficient (Wildman–Crippen LogP) is 2.23. The Labute approximate surface area is 101 Å². The molecule has 1 aliphatic heterocycles. The van der Waals surface area contributed by atoms with Crippen LogP contribution in [0, 0.1) is 0 Å². The van der Waals surface area contributed by atoms with Crippen LogP contribution in [-0.4, -0.2) is 11.8 Å². The summed E-state index contributed by atoms with van der Waals surface area (Å²) in [5.41, 5.74) is 2.83. The van der Waals surface area contributed by atoms with E-state index in [0.717, 1.165) is 24.8 Å². The Morgan fingerprint density at radius 3 is 2.82 bits per heavy atom. The zero-order chi connectivity index (χ0) is 12.3. The highest BCUT2D eigenvalue weighted by molar-refractivity contribution is 6.06. The molecule has 0 spiro atoms. The monoisotopic (exact) mass is 231 g/mol. The van der Waals surface area contributed by atoms with Crippen molar-refractivity contribution in [2.75, 3.05) is 0 Å². The molecule has 90 valence electrons. The average molecular weight is 231 g/mol. The summed E-state index contributed by atoms with van der Waals surface area (Å²) in [6.45, 7) is 2.15. The van der Waals surface area contributed by atoms with Crippen LogP contribution >= 0.6 is 0 Å². The van der Waals surface area contributed by atoms with Gasteiger partial charge in [0.1, 0.15) is 0 Å². The van der Waals surface area contributed by atoms with Crippen molar-refractivity contribution < 1.29 is 9.59 Å². The van der Waals surface area contributed by atoms with Crippen molar-refractivity contribution in [3.05, 3.63) is 34.9 Å². The van der Waals surface area contributed by atoms with Crippen LogP contribution in [0.4, 0.5) is 0 Å². The summed E-state index contributed by atoms with van der Waals surface area (Å²) < 4.78 is 0. The van der Waals surface area contributed by atoms with Gasteiger partial charge in [-0.05, 0) is 36.5 Å². The van der Waals surface area contributed by atoms with Gasteiger partial charge in [0.2, 0.25) is 5.91 Å². The molecule has 3 heteroatoms. The fourth-order valence-corrected chi connectivity index (χ4v) is 2.09. The molecule has 1 heterocycles. The van der Waals surface area contributed by atoms with E-state index in [4.69, 9.17) is 0 Å². The van der Waals surface area contributed by atoms with Gasteiger partial charge in [0.25, 0.3) is 5.91 Å². The summed E-state index contributed by atoms with van der Waals surface area (Å²) in [6.07, 6.45) is 4.31. The van der Waals surface area contributed by atoms with E-state index >= 15 is 0 Å². The summed E-state index contributed by atoms with van der Waals surface area (Å²) in [6, 6.07) is 5.98. The molecule has 0 bridgehead atoms. The van der Waals surface area contributed by atoms with Gasteiger partial charge in [0.15, 0.2) is 0 Å². The molecule has 1 N–H and O–H groups in total. The van der Waals surface area contributed by atoms with Gasteiger partial charge >= 0.3 is 0 Å². The first-order chi connectivity index (χ1) is 8.20. The maximum absolute atomic E-state index is 11.8. The highest BCUT2D eigenvalue weighted by Crippen LogP contribution is 2.18. The van der Waals surface area contributed by atoms with Crippen molar-refractivity contribution >= 4 is 11.8 Å². The van der Waals surface area contributed by atoms with Crippen LogP contribution < -0.4 is 5.32 Å². The molecule has 0 saturated carbocycles. The van der Waals surface area contributed by atoms with Gasteiger partial charge in [-0.15, -0.1) is 0 Å². The number of carbonyl (C=O) groups is 2. The molecule has 0 saturated heterocycles. The number of carbonyl (C=O) groups excluding carboxylic acids is 2. The molecule has 0 radical (unpaired) electrons. The van der Waals surface area contributed by atoms with Gasteiger partial charge in [0, 0.05) is 12.0 Å². The Balaban J connectivity index is 2.27. The topological polar surface area (TPSA) is 46.2 Å². The largest absolute Gasteiger partial charge is 0.292 e. The SMILES string of the molecule is CCCCc1ccc2c(c1)C(=O)NC(=O)CC2. The normalized spacial score (nSPS) is 15.1. The van der Waals surface area contributed by atoms with Gasteiger partial charge < -0.3 is 0 Å². The van der Waals surface area contributed by atoms with E-state index in [2.05, 4.69) is 18.3 Å². The Morgan fingerprint density at radius 1 is 1.24 bits per heavy atom. The first-order valence-electron chi connectivity index (χ1n) is 6.16. The lowest BCUT2D eigenvalue weighted by atomic mass is 9.98. The number of imide groups is 1. The van der Waals surface area contributed by atoms with Crippen LogP contribution in [0.15, 0.2) is 18.2 Å². The van der Waals surface area contributed by atoms with E-state index in [9.17, 15) is 9.59 Å². The van der Waals surface area contributed by atoms with Crippen LogP contribution in [0.5, 0.6) is 0 Å². The third-order valence-electron chi connectivity index (χ3n) is 3.11. The average Bonchev–Trinajstić information content (AvgIpc) is 2.46. The standard InChI is InChI=1S/C14H17NO2/c1-2-3-4-10-5-6-11-7-8-13(16)15-14(17)12(11)9-10/h5-6,9H,2-4,7-8H2,1H3,(H,15,16,17). The van der Waals surface area contributed by atoms with Crippen LogP contribution in [-0.2, 0) is 17.6 Å². The molecule has 0 aromatic heterocycles. The lowest BCUT2D eigenvalue weighted by Gasteiger charge is -2.07. The number of fused-ring (bicyclic) bond motifs is 1. The van der Waals surface area contributed by atoms with Crippen LogP contribution in [0.25, 0.3) is 0 Å². The van der Waals surface area contributed by atoms with Gasteiger partial charge in [0.05, 0.1) is 0 Å². The van der Waals surface area contributed by atoms with Crippen molar-refractivity contribution in [2.24, 2.45) is 0 Å². The zero-order valence-electron chi connectivity index (χ0n) is 10.1. The Kier molecular flexibility index (Phi) is 3.57. The van der Waals surface area contributed by atoms with E-state index in [-0.39, 0.29) is 11.8 Å². The molecule has 17 heavy (non-hydrogen) atoms. The Hall–Kier alpha value is -1.64. The molecule has 0 atom stereocenters. The second-order valence-electron chi connectivity index (χ2n) is 4.47. The Morgan fingerprint density at radius 2 is 2.06 bits per heavy atom. The number of nitrogens with one attached hydrogen (secondary N) is 1. The molecule has 1 aliphatic rings. The molecular weight excluding hydrogens is 214 g/mol. The second-order valence-corrected chi connectivity index (χ2v) is 4.47. The first kappa shape index (κ1) is 11.8. The number of hydrogen-bond acceptors (Lipinski definition) is 2. The molecular formula is C14H17NO2. The van der Waals surface area contributed by atoms with Crippen LogP contribution in [0.3, 0.4) is 0 Å². The van der Waals surface area contributed by atoms with Gasteiger partial charge in [-0.3, -0.25) is 14.9 Å². The number of hydrogen-bond donors (Lipinski definition) is 1. The van der Waals surface area contributed by atoms with E-state index in [1.54, 1.807) is 0 Å².